The van der Waals surface area contributed by atoms with Gasteiger partial charge in [0.15, 0.2) is 4.88 Å². The van der Waals surface area contributed by atoms with E-state index in [1.54, 1.807) is 13.8 Å². The molecule has 1 N–H and O–H groups in total. The Kier molecular flexibility index (Phi) is 8.04. The number of aromatic nitrogens is 1. The molecule has 0 spiro atoms. The molecule has 0 radical (unpaired) electrons. The number of alkyl halides is 6. The number of esters is 1. The van der Waals surface area contributed by atoms with E-state index in [1.807, 2.05) is 3.63 Å². The van der Waals surface area contributed by atoms with Crippen molar-refractivity contribution in [3.63, 3.8) is 0 Å². The van der Waals surface area contributed by atoms with Crippen molar-refractivity contribution in [3.8, 4) is 5.88 Å². The van der Waals surface area contributed by atoms with Crippen LogP contribution in [0.15, 0.2) is 0 Å². The Morgan fingerprint density at radius 3 is 1.74 bits per heavy atom. The van der Waals surface area contributed by atoms with E-state index in [2.05, 4.69) is 4.98 Å². The van der Waals surface area contributed by atoms with E-state index in [1.165, 1.54) is 0 Å². The van der Waals surface area contributed by atoms with E-state index in [-0.39, 0.29) is 10.8 Å². The van der Waals surface area contributed by atoms with Crippen LogP contribution in [-0.4, -0.2) is 50.5 Å². The molecule has 158 valence electrons. The Bertz CT molecular complexity index is 828. The van der Waals surface area contributed by atoms with E-state index in [9.17, 15) is 48.0 Å². The van der Waals surface area contributed by atoms with E-state index >= 15 is 0 Å². The second-order valence-electron chi connectivity index (χ2n) is 3.97. The van der Waals surface area contributed by atoms with Crippen molar-refractivity contribution < 1.29 is 61.4 Å². The van der Waals surface area contributed by atoms with Gasteiger partial charge in [0.2, 0.25) is 5.88 Å². The monoisotopic (exact) mass is 469 g/mol. The number of hydrogen-bond acceptors (Lipinski definition) is 10. The van der Waals surface area contributed by atoms with Crippen LogP contribution in [-0.2, 0) is 28.6 Å². The summed E-state index contributed by atoms with van der Waals surface area (Å²) in [5.74, 6) is -0.753. The molecule has 0 unspecified atom stereocenters. The zero-order valence-corrected chi connectivity index (χ0v) is 15.4. The van der Waals surface area contributed by atoms with Gasteiger partial charge in [0.25, 0.3) is 0 Å². The Hall–Kier alpha value is -1.66. The molecular formula is C9H9F6NO8S3. The number of carbonyl (C=O) groups is 1. The summed E-state index contributed by atoms with van der Waals surface area (Å²) in [5.41, 5.74) is -12.5. The summed E-state index contributed by atoms with van der Waals surface area (Å²) in [5, 5.41) is 9.78. The normalized spacial score (nSPS) is 12.9. The van der Waals surface area contributed by atoms with Crippen molar-refractivity contribution in [2.45, 2.75) is 24.9 Å². The van der Waals surface area contributed by atoms with Crippen molar-refractivity contribution in [1.29, 1.82) is 0 Å². The number of nitrogens with zero attached hydrogens (tertiary/aromatic N) is 1. The number of thiazole rings is 1. The zero-order valence-electron chi connectivity index (χ0n) is 13.0. The van der Waals surface area contributed by atoms with Crippen LogP contribution in [0.5, 0.6) is 5.88 Å². The summed E-state index contributed by atoms with van der Waals surface area (Å²) in [6, 6.07) is 0. The first kappa shape index (κ1) is 25.3. The summed E-state index contributed by atoms with van der Waals surface area (Å²) in [7, 11) is -13.7. The van der Waals surface area contributed by atoms with Gasteiger partial charge in [0.05, 0.1) is 11.6 Å². The first-order valence-electron chi connectivity index (χ1n) is 6.03. The third-order valence-electron chi connectivity index (χ3n) is 1.92. The van der Waals surface area contributed by atoms with Crippen LogP contribution in [0.2, 0.25) is 0 Å². The Morgan fingerprint density at radius 1 is 1.07 bits per heavy atom. The maximum Gasteiger partial charge on any atom is 0.524 e. The Labute approximate surface area is 151 Å². The Balaban J connectivity index is 0.000000511. The highest BCUT2D eigenvalue weighted by Gasteiger charge is 2.57. The average molecular weight is 469 g/mol. The van der Waals surface area contributed by atoms with Crippen molar-refractivity contribution in [1.82, 2.24) is 4.98 Å². The molecule has 1 rings (SSSR count). The van der Waals surface area contributed by atoms with Crippen LogP contribution in [0.25, 0.3) is 0 Å². The molecular weight excluding hydrogens is 460 g/mol. The van der Waals surface area contributed by atoms with Gasteiger partial charge in [-0.1, -0.05) is 0 Å². The van der Waals surface area contributed by atoms with Gasteiger partial charge in [-0.25, -0.2) is 9.78 Å². The number of aromatic hydroxyl groups is 1. The molecule has 0 fully saturated rings. The van der Waals surface area contributed by atoms with E-state index in [0.29, 0.717) is 11.6 Å². The molecule has 1 aromatic rings. The minimum Gasteiger partial charge on any atom is -0.492 e. The Morgan fingerprint density at radius 2 is 1.48 bits per heavy atom. The molecule has 0 saturated carbocycles. The van der Waals surface area contributed by atoms with E-state index < -0.39 is 37.2 Å². The second kappa shape index (κ2) is 8.57. The number of ether oxygens (including phenoxy) is 1. The fourth-order valence-corrected chi connectivity index (χ4v) is 3.21. The molecule has 1 heterocycles. The zero-order chi connectivity index (χ0) is 21.8. The molecule has 18 heteroatoms. The summed E-state index contributed by atoms with van der Waals surface area (Å²) in [6.45, 7) is 3.73. The number of aryl methyl sites for hydroxylation is 1. The fourth-order valence-electron chi connectivity index (χ4n) is 0.941. The lowest BCUT2D eigenvalue weighted by Crippen LogP contribution is -2.34. The predicted molar refractivity (Wildman–Crippen MR) is 75.5 cm³/mol. The molecule has 0 aromatic carbocycles. The molecule has 0 aliphatic heterocycles. The van der Waals surface area contributed by atoms with Crippen LogP contribution in [0.3, 0.4) is 0 Å². The first-order chi connectivity index (χ1) is 11.9. The number of hydrogen-bond donors (Lipinski definition) is 1. The SMILES string of the molecule is CCOC(=O)c1sc(C)nc1O.O=S(=O)(OS(=O)(=O)C(F)(F)F)C(F)(F)F. The largest absolute Gasteiger partial charge is 0.524 e. The predicted octanol–water partition coefficient (Wildman–Crippen LogP) is 2.04. The fraction of sp³-hybridized carbons (Fsp3) is 0.556. The van der Waals surface area contributed by atoms with Gasteiger partial charge in [-0.05, 0) is 13.8 Å². The third kappa shape index (κ3) is 7.11. The van der Waals surface area contributed by atoms with E-state index in [0.717, 1.165) is 11.3 Å². The van der Waals surface area contributed by atoms with Crippen LogP contribution in [0.4, 0.5) is 26.3 Å². The van der Waals surface area contributed by atoms with Crippen molar-refractivity contribution >= 4 is 37.5 Å². The first-order valence-corrected chi connectivity index (χ1v) is 9.66. The lowest BCUT2D eigenvalue weighted by molar-refractivity contribution is -0.0585. The van der Waals surface area contributed by atoms with Crippen molar-refractivity contribution in [3.05, 3.63) is 9.88 Å². The van der Waals surface area contributed by atoms with Crippen molar-refractivity contribution in [2.24, 2.45) is 0 Å². The van der Waals surface area contributed by atoms with Crippen LogP contribution in [0.1, 0.15) is 21.6 Å². The number of rotatable bonds is 4. The van der Waals surface area contributed by atoms with Gasteiger partial charge in [0, 0.05) is 0 Å². The highest BCUT2D eigenvalue weighted by Crippen LogP contribution is 2.32. The number of carbonyl (C=O) groups excluding carboxylic acids is 1. The van der Waals surface area contributed by atoms with Crippen LogP contribution < -0.4 is 0 Å². The van der Waals surface area contributed by atoms with Crippen LogP contribution in [0, 0.1) is 6.92 Å². The molecule has 0 atom stereocenters. The lowest BCUT2D eigenvalue weighted by Gasteiger charge is -2.09. The van der Waals surface area contributed by atoms with Gasteiger partial charge in [-0.2, -0.15) is 43.2 Å². The molecule has 0 aliphatic rings. The topological polar surface area (TPSA) is 137 Å². The van der Waals surface area contributed by atoms with Crippen LogP contribution >= 0.6 is 11.3 Å². The lowest BCUT2D eigenvalue weighted by atomic mass is 10.5. The summed E-state index contributed by atoms with van der Waals surface area (Å²) < 4.78 is 115. The average Bonchev–Trinajstić information content (AvgIpc) is 2.75. The second-order valence-corrected chi connectivity index (χ2v) is 8.46. The minimum absolute atomic E-state index is 0.175. The molecule has 0 aliphatic carbocycles. The molecule has 0 amide bonds. The van der Waals surface area contributed by atoms with Crippen molar-refractivity contribution in [2.75, 3.05) is 6.61 Å². The molecule has 1 aromatic heterocycles. The smallest absolute Gasteiger partial charge is 0.492 e. The summed E-state index contributed by atoms with van der Waals surface area (Å²) in [6.07, 6.45) is 0. The summed E-state index contributed by atoms with van der Waals surface area (Å²) >= 11 is 1.13. The molecule has 0 bridgehead atoms. The maximum absolute atomic E-state index is 11.4. The maximum atomic E-state index is 11.4. The molecule has 9 nitrogen and oxygen atoms in total. The van der Waals surface area contributed by atoms with E-state index in [4.69, 9.17) is 9.84 Å². The third-order valence-corrected chi connectivity index (χ3v) is 5.43. The summed E-state index contributed by atoms with van der Waals surface area (Å²) in [4.78, 5) is 14.9. The molecule has 27 heavy (non-hydrogen) atoms. The van der Waals surface area contributed by atoms with Gasteiger partial charge < -0.3 is 9.84 Å². The molecule has 0 saturated heterocycles. The minimum atomic E-state index is -6.85. The van der Waals surface area contributed by atoms with Gasteiger partial charge in [-0.15, -0.1) is 15.0 Å². The van der Waals surface area contributed by atoms with Gasteiger partial charge in [-0.3, -0.25) is 0 Å². The highest BCUT2D eigenvalue weighted by molar-refractivity contribution is 8.00. The van der Waals surface area contributed by atoms with Gasteiger partial charge in [0.1, 0.15) is 0 Å². The number of halogens is 6. The standard InChI is InChI=1S/C7H9NO3S.C2F6O5S2/c1-3-11-7(10)5-6(9)8-4(2)12-5;3-1(4,5)14(9,10)13-15(11,12)2(6,7)8/h9H,3H2,1-2H3;. The highest BCUT2D eigenvalue weighted by atomic mass is 32.3. The quantitative estimate of drug-likeness (QED) is 0.399. The van der Waals surface area contributed by atoms with Gasteiger partial charge >= 0.3 is 37.2 Å².